The van der Waals surface area contributed by atoms with Crippen molar-refractivity contribution < 1.29 is 9.90 Å². The van der Waals surface area contributed by atoms with Crippen LogP contribution in [0.4, 0.5) is 0 Å². The zero-order valence-corrected chi connectivity index (χ0v) is 14.0. The van der Waals surface area contributed by atoms with Gasteiger partial charge in [-0.25, -0.2) is 10.1 Å². The number of carbonyl (C=O) groups is 1. The van der Waals surface area contributed by atoms with Crippen molar-refractivity contribution in [2.24, 2.45) is 5.10 Å². The highest BCUT2D eigenvalue weighted by Crippen LogP contribution is 2.20. The zero-order valence-electron chi connectivity index (χ0n) is 14.0. The Morgan fingerprint density at radius 1 is 1.20 bits per heavy atom. The lowest BCUT2D eigenvalue weighted by molar-refractivity contribution is -0.139. The van der Waals surface area contributed by atoms with Crippen molar-refractivity contribution in [3.63, 3.8) is 0 Å². The Hall–Kier alpha value is -3.06. The van der Waals surface area contributed by atoms with Gasteiger partial charge in [-0.1, -0.05) is 47.7 Å². The van der Waals surface area contributed by atoms with E-state index in [9.17, 15) is 9.90 Å². The van der Waals surface area contributed by atoms with E-state index in [2.05, 4.69) is 20.8 Å². The van der Waals surface area contributed by atoms with Crippen LogP contribution in [-0.4, -0.2) is 31.7 Å². The van der Waals surface area contributed by atoms with Crippen LogP contribution in [-0.2, 0) is 16.9 Å². The molecule has 0 aliphatic heterocycles. The molecule has 25 heavy (non-hydrogen) atoms. The normalized spacial score (nSPS) is 14.3. The third-order valence-corrected chi connectivity index (χ3v) is 3.93. The molecular formula is C18H19N5O2. The molecule has 0 spiro atoms. The number of nitrogens with one attached hydrogen (secondary N) is 1. The summed E-state index contributed by atoms with van der Waals surface area (Å²) in [5.74, 6) is -0.596. The van der Waals surface area contributed by atoms with Crippen LogP contribution in [0, 0.1) is 0 Å². The third kappa shape index (κ3) is 3.56. The Balaban J connectivity index is 1.70. The van der Waals surface area contributed by atoms with E-state index in [4.69, 9.17) is 0 Å². The molecule has 0 aliphatic carbocycles. The number of para-hydroxylation sites is 1. The van der Waals surface area contributed by atoms with Crippen LogP contribution >= 0.6 is 0 Å². The van der Waals surface area contributed by atoms with Gasteiger partial charge in [-0.3, -0.25) is 4.79 Å². The highest BCUT2D eigenvalue weighted by molar-refractivity contribution is 5.89. The van der Waals surface area contributed by atoms with Crippen LogP contribution in [0.2, 0.25) is 0 Å². The molecule has 1 amide bonds. The van der Waals surface area contributed by atoms with Crippen molar-refractivity contribution in [3.05, 3.63) is 60.2 Å². The van der Waals surface area contributed by atoms with Gasteiger partial charge in [0.15, 0.2) is 5.60 Å². The average Bonchev–Trinajstić information content (AvgIpc) is 3.03. The average molecular weight is 337 g/mol. The van der Waals surface area contributed by atoms with Crippen LogP contribution in [0.15, 0.2) is 59.7 Å². The summed E-state index contributed by atoms with van der Waals surface area (Å²) in [6, 6.07) is 16.3. The van der Waals surface area contributed by atoms with Gasteiger partial charge >= 0.3 is 0 Å². The summed E-state index contributed by atoms with van der Waals surface area (Å²) in [5, 5.41) is 22.7. The van der Waals surface area contributed by atoms with E-state index in [1.807, 2.05) is 30.3 Å². The number of aliphatic hydroxyl groups is 1. The molecule has 128 valence electrons. The summed E-state index contributed by atoms with van der Waals surface area (Å²) in [5.41, 5.74) is 3.58. The van der Waals surface area contributed by atoms with E-state index in [0.29, 0.717) is 17.8 Å². The molecule has 1 unspecified atom stereocenters. The maximum atomic E-state index is 12.3. The van der Waals surface area contributed by atoms with E-state index in [0.717, 1.165) is 11.0 Å². The molecule has 0 bridgehead atoms. The maximum absolute atomic E-state index is 12.3. The van der Waals surface area contributed by atoms with Gasteiger partial charge in [-0.2, -0.15) is 5.10 Å². The van der Waals surface area contributed by atoms with Crippen LogP contribution in [0.25, 0.3) is 11.0 Å². The second-order valence-electron chi connectivity index (χ2n) is 5.96. The molecule has 1 heterocycles. The van der Waals surface area contributed by atoms with Crippen LogP contribution in [0.5, 0.6) is 0 Å². The van der Waals surface area contributed by atoms with E-state index in [1.165, 1.54) is 6.92 Å². The van der Waals surface area contributed by atoms with Crippen molar-refractivity contribution in [2.75, 3.05) is 0 Å². The van der Waals surface area contributed by atoms with Crippen molar-refractivity contribution in [3.8, 4) is 0 Å². The summed E-state index contributed by atoms with van der Waals surface area (Å²) < 4.78 is 1.70. The Kier molecular flexibility index (Phi) is 4.58. The summed E-state index contributed by atoms with van der Waals surface area (Å²) in [7, 11) is 0. The number of aromatic nitrogens is 3. The Morgan fingerprint density at radius 3 is 2.64 bits per heavy atom. The van der Waals surface area contributed by atoms with E-state index in [-0.39, 0.29) is 0 Å². The largest absolute Gasteiger partial charge is 0.375 e. The van der Waals surface area contributed by atoms with Crippen LogP contribution < -0.4 is 5.43 Å². The molecule has 1 atom stereocenters. The molecule has 0 saturated carbocycles. The van der Waals surface area contributed by atoms with Gasteiger partial charge in [0.25, 0.3) is 5.91 Å². The summed E-state index contributed by atoms with van der Waals surface area (Å²) >= 11 is 0. The molecule has 0 fully saturated rings. The lowest BCUT2D eigenvalue weighted by atomic mass is 9.95. The first-order chi connectivity index (χ1) is 12.0. The first-order valence-electron chi connectivity index (χ1n) is 7.88. The SMILES string of the molecule is CC(Cn1nnc2ccccc21)=NNC(=O)C(C)(O)c1ccccc1. The molecule has 0 aliphatic rings. The van der Waals surface area contributed by atoms with Gasteiger partial charge in [-0.05, 0) is 31.5 Å². The second-order valence-corrected chi connectivity index (χ2v) is 5.96. The monoisotopic (exact) mass is 337 g/mol. The topological polar surface area (TPSA) is 92.4 Å². The van der Waals surface area contributed by atoms with Gasteiger partial charge in [-0.15, -0.1) is 5.10 Å². The van der Waals surface area contributed by atoms with Crippen LogP contribution in [0.3, 0.4) is 0 Å². The lowest BCUT2D eigenvalue weighted by Crippen LogP contribution is -2.40. The first-order valence-corrected chi connectivity index (χ1v) is 7.88. The summed E-state index contributed by atoms with van der Waals surface area (Å²) in [6.07, 6.45) is 0. The first kappa shape index (κ1) is 16.8. The maximum Gasteiger partial charge on any atom is 0.276 e. The predicted octanol–water partition coefficient (Wildman–Crippen LogP) is 1.83. The second kappa shape index (κ2) is 6.82. The minimum atomic E-state index is -1.66. The van der Waals surface area contributed by atoms with Crippen molar-refractivity contribution in [1.29, 1.82) is 0 Å². The fourth-order valence-electron chi connectivity index (χ4n) is 2.44. The Morgan fingerprint density at radius 2 is 1.88 bits per heavy atom. The van der Waals surface area contributed by atoms with Crippen molar-refractivity contribution in [1.82, 2.24) is 20.4 Å². The molecule has 7 nitrogen and oxygen atoms in total. The van der Waals surface area contributed by atoms with Crippen molar-refractivity contribution >= 4 is 22.7 Å². The number of benzene rings is 2. The Labute approximate surface area is 145 Å². The van der Waals surface area contributed by atoms with E-state index < -0.39 is 11.5 Å². The standard InChI is InChI=1S/C18H19N5O2/c1-13(12-23-16-11-7-6-10-15(16)20-22-23)19-21-17(24)18(2,25)14-8-4-3-5-9-14/h3-11,25H,12H2,1-2H3,(H,21,24). The minimum Gasteiger partial charge on any atom is -0.375 e. The highest BCUT2D eigenvalue weighted by atomic mass is 16.3. The van der Waals surface area contributed by atoms with Gasteiger partial charge in [0, 0.05) is 0 Å². The molecule has 3 aromatic rings. The molecule has 0 saturated heterocycles. The minimum absolute atomic E-state index is 0.383. The number of nitrogens with zero attached hydrogens (tertiary/aromatic N) is 4. The third-order valence-electron chi connectivity index (χ3n) is 3.93. The molecule has 2 N–H and O–H groups in total. The number of hydrogen-bond acceptors (Lipinski definition) is 5. The smallest absolute Gasteiger partial charge is 0.276 e. The number of rotatable bonds is 5. The molecular weight excluding hydrogens is 318 g/mol. The van der Waals surface area contributed by atoms with Gasteiger partial charge < -0.3 is 5.11 Å². The lowest BCUT2D eigenvalue weighted by Gasteiger charge is -2.21. The fraction of sp³-hybridized carbons (Fsp3) is 0.222. The van der Waals surface area contributed by atoms with E-state index in [1.54, 1.807) is 35.9 Å². The molecule has 3 rings (SSSR count). The van der Waals surface area contributed by atoms with Crippen molar-refractivity contribution in [2.45, 2.75) is 26.0 Å². The predicted molar refractivity (Wildman–Crippen MR) is 94.8 cm³/mol. The number of carbonyl (C=O) groups excluding carboxylic acids is 1. The van der Waals surface area contributed by atoms with Crippen LogP contribution in [0.1, 0.15) is 19.4 Å². The Bertz CT molecular complexity index is 915. The molecule has 7 heteroatoms. The van der Waals surface area contributed by atoms with Gasteiger partial charge in [0.2, 0.25) is 0 Å². The number of hydrogen-bond donors (Lipinski definition) is 2. The number of amides is 1. The highest BCUT2D eigenvalue weighted by Gasteiger charge is 2.32. The summed E-state index contributed by atoms with van der Waals surface area (Å²) in [4.78, 5) is 12.3. The number of fused-ring (bicyclic) bond motifs is 1. The zero-order chi connectivity index (χ0) is 17.9. The number of hydrazone groups is 1. The fourth-order valence-corrected chi connectivity index (χ4v) is 2.44. The molecule has 0 radical (unpaired) electrons. The van der Waals surface area contributed by atoms with Gasteiger partial charge in [0.1, 0.15) is 5.52 Å². The molecule has 2 aromatic carbocycles. The quantitative estimate of drug-likeness (QED) is 0.549. The molecule has 1 aromatic heterocycles. The van der Waals surface area contributed by atoms with E-state index >= 15 is 0 Å². The van der Waals surface area contributed by atoms with Gasteiger partial charge in [0.05, 0.1) is 17.8 Å². The summed E-state index contributed by atoms with van der Waals surface area (Å²) in [6.45, 7) is 3.59.